The molecule has 1 aromatic carbocycles. The average Bonchev–Trinajstić information content (AvgIpc) is 2.63. The minimum absolute atomic E-state index is 0.164. The third-order valence-corrected chi connectivity index (χ3v) is 4.54. The molecule has 1 atom stereocenters. The van der Waals surface area contributed by atoms with E-state index in [2.05, 4.69) is 4.98 Å². The molecule has 2 rings (SSSR count). The first kappa shape index (κ1) is 24.0. The molecule has 1 unspecified atom stereocenters. The number of anilines is 1. The fraction of sp³-hybridized carbons (Fsp3) is 0.455. The number of esters is 1. The van der Waals surface area contributed by atoms with E-state index in [4.69, 9.17) is 15.2 Å². The highest BCUT2D eigenvalue weighted by Crippen LogP contribution is 2.35. The maximum absolute atomic E-state index is 13.4. The molecule has 0 radical (unpaired) electrons. The number of hydrogen-bond donors (Lipinski definition) is 1. The van der Waals surface area contributed by atoms with Gasteiger partial charge in [0.2, 0.25) is 5.88 Å². The maximum Gasteiger partial charge on any atom is 0.306 e. The number of benzene rings is 1. The van der Waals surface area contributed by atoms with Crippen LogP contribution in [0.3, 0.4) is 0 Å². The fourth-order valence-corrected chi connectivity index (χ4v) is 3.07. The molecule has 0 saturated carbocycles. The molecule has 1 heterocycles. The van der Waals surface area contributed by atoms with Crippen molar-refractivity contribution < 1.29 is 23.0 Å². The molecule has 164 valence electrons. The van der Waals surface area contributed by atoms with Gasteiger partial charge < -0.3 is 15.2 Å². The maximum atomic E-state index is 13.4. The Morgan fingerprint density at radius 2 is 1.87 bits per heavy atom. The van der Waals surface area contributed by atoms with Gasteiger partial charge in [0.15, 0.2) is 0 Å². The van der Waals surface area contributed by atoms with Crippen LogP contribution in [0, 0.1) is 0 Å². The molecule has 0 aliphatic carbocycles. The first-order valence-electron chi connectivity index (χ1n) is 9.79. The summed E-state index contributed by atoms with van der Waals surface area (Å²) in [5.41, 5.74) is 4.89. The van der Waals surface area contributed by atoms with Crippen LogP contribution in [0.1, 0.15) is 50.3 Å². The summed E-state index contributed by atoms with van der Waals surface area (Å²) >= 11 is 0. The van der Waals surface area contributed by atoms with Crippen LogP contribution in [0.15, 0.2) is 36.5 Å². The molecule has 0 amide bonds. The molecule has 1 aromatic heterocycles. The SMILES string of the molecule is CC(C)(C)OC(=O)CCc1cc(N)ccc1CCCOc1cc(C(F)(F)P)ccn1. The quantitative estimate of drug-likeness (QED) is 0.262. The Kier molecular flexibility index (Phi) is 8.13. The van der Waals surface area contributed by atoms with Crippen molar-refractivity contribution in [3.63, 3.8) is 0 Å². The van der Waals surface area contributed by atoms with E-state index in [1.807, 2.05) is 39.0 Å². The first-order valence-corrected chi connectivity index (χ1v) is 10.4. The van der Waals surface area contributed by atoms with Crippen molar-refractivity contribution in [2.24, 2.45) is 0 Å². The fourth-order valence-electron chi connectivity index (χ4n) is 2.89. The Morgan fingerprint density at radius 1 is 1.13 bits per heavy atom. The monoisotopic (exact) mass is 438 g/mol. The smallest absolute Gasteiger partial charge is 0.306 e. The molecule has 0 fully saturated rings. The van der Waals surface area contributed by atoms with Crippen molar-refractivity contribution in [3.8, 4) is 5.88 Å². The summed E-state index contributed by atoms with van der Waals surface area (Å²) in [7, 11) is 1.50. The second-order valence-electron chi connectivity index (χ2n) is 8.07. The Bertz CT molecular complexity index is 864. The van der Waals surface area contributed by atoms with Gasteiger partial charge in [0.1, 0.15) is 5.60 Å². The van der Waals surface area contributed by atoms with Gasteiger partial charge in [-0.2, -0.15) is 8.78 Å². The van der Waals surface area contributed by atoms with Gasteiger partial charge in [-0.1, -0.05) is 15.3 Å². The normalized spacial score (nSPS) is 11.9. The molecule has 0 aliphatic rings. The van der Waals surface area contributed by atoms with Crippen LogP contribution in [0.2, 0.25) is 0 Å². The number of hydrogen-bond acceptors (Lipinski definition) is 5. The van der Waals surface area contributed by atoms with Crippen LogP contribution < -0.4 is 10.5 Å². The third-order valence-electron chi connectivity index (χ3n) is 4.21. The summed E-state index contributed by atoms with van der Waals surface area (Å²) in [6.07, 6.45) is 3.46. The van der Waals surface area contributed by atoms with Gasteiger partial charge in [0, 0.05) is 29.9 Å². The zero-order valence-electron chi connectivity index (χ0n) is 17.6. The van der Waals surface area contributed by atoms with E-state index in [-0.39, 0.29) is 23.8 Å². The standard InChI is InChI=1S/C22H29F2N2O3P/c1-21(2,3)29-20(27)9-7-16-13-18(25)8-6-15(16)5-4-12-28-19-14-17(10-11-26-19)22(23,24)30/h6,8,10-11,13-14H,4-5,7,9,12,25,30H2,1-3H3. The summed E-state index contributed by atoms with van der Waals surface area (Å²) in [5, 5.41) is 0. The van der Waals surface area contributed by atoms with E-state index in [0.29, 0.717) is 31.6 Å². The minimum atomic E-state index is -3.02. The lowest BCUT2D eigenvalue weighted by Crippen LogP contribution is -2.24. The molecule has 2 N–H and O–H groups in total. The Morgan fingerprint density at radius 3 is 2.53 bits per heavy atom. The van der Waals surface area contributed by atoms with E-state index >= 15 is 0 Å². The molecule has 0 spiro atoms. The van der Waals surface area contributed by atoms with Crippen LogP contribution in [0.5, 0.6) is 5.88 Å². The van der Waals surface area contributed by atoms with Crippen LogP contribution in [-0.2, 0) is 28.0 Å². The predicted octanol–water partition coefficient (Wildman–Crippen LogP) is 4.87. The van der Waals surface area contributed by atoms with Gasteiger partial charge in [-0.15, -0.1) is 0 Å². The number of nitrogens with two attached hydrogens (primary N) is 1. The van der Waals surface area contributed by atoms with Crippen LogP contribution in [0.25, 0.3) is 0 Å². The highest BCUT2D eigenvalue weighted by molar-refractivity contribution is 7.17. The Labute approximate surface area is 178 Å². The van der Waals surface area contributed by atoms with Crippen LogP contribution >= 0.6 is 9.24 Å². The number of pyridine rings is 1. The highest BCUT2D eigenvalue weighted by Gasteiger charge is 2.25. The van der Waals surface area contributed by atoms with Gasteiger partial charge in [-0.25, -0.2) is 4.98 Å². The molecule has 5 nitrogen and oxygen atoms in total. The minimum Gasteiger partial charge on any atom is -0.478 e. The van der Waals surface area contributed by atoms with Crippen molar-refractivity contribution in [1.82, 2.24) is 4.98 Å². The number of carbonyl (C=O) groups is 1. The summed E-state index contributed by atoms with van der Waals surface area (Å²) in [4.78, 5) is 16.0. The molecular weight excluding hydrogens is 409 g/mol. The van der Waals surface area contributed by atoms with E-state index in [0.717, 1.165) is 11.1 Å². The van der Waals surface area contributed by atoms with E-state index in [1.165, 1.54) is 27.6 Å². The number of nitrogens with zero attached hydrogens (tertiary/aromatic N) is 1. The summed E-state index contributed by atoms with van der Waals surface area (Å²) in [6, 6.07) is 8.12. The van der Waals surface area contributed by atoms with Gasteiger partial charge >= 0.3 is 5.97 Å². The molecule has 2 aromatic rings. The number of aromatic nitrogens is 1. The Balaban J connectivity index is 1.90. The lowest BCUT2D eigenvalue weighted by Gasteiger charge is -2.19. The molecule has 0 saturated heterocycles. The van der Waals surface area contributed by atoms with E-state index in [1.54, 1.807) is 0 Å². The molecule has 0 aliphatic heterocycles. The van der Waals surface area contributed by atoms with Gasteiger partial charge in [0.25, 0.3) is 5.66 Å². The number of ether oxygens (including phenoxy) is 2. The van der Waals surface area contributed by atoms with Crippen molar-refractivity contribution in [3.05, 3.63) is 53.2 Å². The second kappa shape index (κ2) is 10.2. The van der Waals surface area contributed by atoms with Gasteiger partial charge in [-0.05, 0) is 69.4 Å². The van der Waals surface area contributed by atoms with Gasteiger partial charge in [-0.3, -0.25) is 4.79 Å². The van der Waals surface area contributed by atoms with Crippen molar-refractivity contribution in [2.75, 3.05) is 12.3 Å². The molecular formula is C22H29F2N2O3P. The molecule has 8 heteroatoms. The lowest BCUT2D eigenvalue weighted by molar-refractivity contribution is -0.154. The van der Waals surface area contributed by atoms with Crippen LogP contribution in [0.4, 0.5) is 14.5 Å². The van der Waals surface area contributed by atoms with Crippen LogP contribution in [-0.4, -0.2) is 23.2 Å². The molecule has 0 bridgehead atoms. The summed E-state index contributed by atoms with van der Waals surface area (Å²) < 4.78 is 37.6. The largest absolute Gasteiger partial charge is 0.478 e. The zero-order valence-corrected chi connectivity index (χ0v) is 18.7. The molecule has 30 heavy (non-hydrogen) atoms. The topological polar surface area (TPSA) is 74.4 Å². The number of alkyl halides is 2. The van der Waals surface area contributed by atoms with Crippen molar-refractivity contribution in [2.45, 2.75) is 57.7 Å². The Hall–Kier alpha value is -2.27. The third kappa shape index (κ3) is 8.23. The number of nitrogen functional groups attached to an aromatic ring is 1. The van der Waals surface area contributed by atoms with Crippen molar-refractivity contribution in [1.29, 1.82) is 0 Å². The number of carbonyl (C=O) groups excluding carboxylic acids is 1. The van der Waals surface area contributed by atoms with Crippen molar-refractivity contribution >= 4 is 20.9 Å². The van der Waals surface area contributed by atoms with E-state index < -0.39 is 11.3 Å². The zero-order chi connectivity index (χ0) is 22.4. The first-order chi connectivity index (χ1) is 13.9. The number of rotatable bonds is 9. The predicted molar refractivity (Wildman–Crippen MR) is 117 cm³/mol. The number of halogens is 2. The lowest BCUT2D eigenvalue weighted by atomic mass is 9.98. The summed E-state index contributed by atoms with van der Waals surface area (Å²) in [6.45, 7) is 5.83. The second-order valence-corrected chi connectivity index (χ2v) is 8.80. The van der Waals surface area contributed by atoms with E-state index in [9.17, 15) is 13.6 Å². The summed E-state index contributed by atoms with van der Waals surface area (Å²) in [5.74, 6) is -0.0897. The number of aryl methyl sites for hydroxylation is 2. The van der Waals surface area contributed by atoms with Gasteiger partial charge in [0.05, 0.1) is 6.61 Å². The average molecular weight is 438 g/mol. The highest BCUT2D eigenvalue weighted by atomic mass is 31.0.